The number of rotatable bonds is 1. The predicted octanol–water partition coefficient (Wildman–Crippen LogP) is 3.33. The summed E-state index contributed by atoms with van der Waals surface area (Å²) >= 11 is 0. The Morgan fingerprint density at radius 2 is 2.00 bits per heavy atom. The highest BCUT2D eigenvalue weighted by Crippen LogP contribution is 2.28. The van der Waals surface area contributed by atoms with Crippen LogP contribution < -0.4 is 0 Å². The molecule has 74 valence electrons. The third-order valence-electron chi connectivity index (χ3n) is 2.97. The highest BCUT2D eigenvalue weighted by Gasteiger charge is 2.19. The van der Waals surface area contributed by atoms with E-state index in [-0.39, 0.29) is 0 Å². The summed E-state index contributed by atoms with van der Waals surface area (Å²) in [6, 6.07) is 6.14. The van der Waals surface area contributed by atoms with Crippen LogP contribution in [-0.2, 0) is 6.42 Å². The third kappa shape index (κ3) is 1.47. The van der Waals surface area contributed by atoms with E-state index in [0.717, 1.165) is 24.8 Å². The average Bonchev–Trinajstić information content (AvgIpc) is 2.17. The quantitative estimate of drug-likeness (QED) is 0.660. The van der Waals surface area contributed by atoms with Gasteiger partial charge in [0.1, 0.15) is 0 Å². The molecule has 0 unspecified atom stereocenters. The Kier molecular flexibility index (Phi) is 2.40. The molecule has 1 aliphatic rings. The zero-order chi connectivity index (χ0) is 10.1. The normalized spacial score (nSPS) is 15.8. The molecule has 1 aromatic rings. The lowest BCUT2D eigenvalue weighted by Gasteiger charge is -2.20. The molecule has 0 saturated carbocycles. The summed E-state index contributed by atoms with van der Waals surface area (Å²) in [7, 11) is 0. The number of ketones is 1. The second-order valence-corrected chi connectivity index (χ2v) is 4.30. The van der Waals surface area contributed by atoms with Gasteiger partial charge in [-0.05, 0) is 29.9 Å². The number of hydrogen-bond donors (Lipinski definition) is 0. The number of hydrogen-bond acceptors (Lipinski definition) is 1. The second kappa shape index (κ2) is 3.56. The summed E-state index contributed by atoms with van der Waals surface area (Å²) in [5, 5.41) is 0. The largest absolute Gasteiger partial charge is 0.294 e. The van der Waals surface area contributed by atoms with Crippen LogP contribution >= 0.6 is 0 Å². The van der Waals surface area contributed by atoms with Crippen molar-refractivity contribution in [1.29, 1.82) is 0 Å². The maximum Gasteiger partial charge on any atom is 0.163 e. The van der Waals surface area contributed by atoms with E-state index >= 15 is 0 Å². The van der Waals surface area contributed by atoms with Crippen LogP contribution in [0.4, 0.5) is 0 Å². The van der Waals surface area contributed by atoms with Gasteiger partial charge < -0.3 is 0 Å². The zero-order valence-corrected chi connectivity index (χ0v) is 8.84. The molecule has 0 amide bonds. The minimum atomic E-state index is 0.328. The van der Waals surface area contributed by atoms with Crippen LogP contribution in [-0.4, -0.2) is 5.78 Å². The number of carbonyl (C=O) groups is 1. The predicted molar refractivity (Wildman–Crippen MR) is 57.8 cm³/mol. The Bertz CT molecular complexity index is 363. The Balaban J connectivity index is 2.55. The van der Waals surface area contributed by atoms with E-state index in [9.17, 15) is 4.79 Å². The molecule has 0 heterocycles. The van der Waals surface area contributed by atoms with Crippen LogP contribution in [0.15, 0.2) is 18.2 Å². The fourth-order valence-corrected chi connectivity index (χ4v) is 2.25. The van der Waals surface area contributed by atoms with Gasteiger partial charge in [0.15, 0.2) is 5.78 Å². The molecule has 1 aromatic carbocycles. The first kappa shape index (κ1) is 9.45. The van der Waals surface area contributed by atoms with Gasteiger partial charge in [-0.25, -0.2) is 0 Å². The van der Waals surface area contributed by atoms with Crippen LogP contribution in [0.25, 0.3) is 0 Å². The summed E-state index contributed by atoms with van der Waals surface area (Å²) in [5.41, 5.74) is 3.64. The summed E-state index contributed by atoms with van der Waals surface area (Å²) in [6.45, 7) is 4.38. The first-order valence-electron chi connectivity index (χ1n) is 5.35. The molecule has 1 nitrogen and oxygen atoms in total. The van der Waals surface area contributed by atoms with Gasteiger partial charge in [-0.15, -0.1) is 0 Å². The maximum absolute atomic E-state index is 11.7. The van der Waals surface area contributed by atoms with Crippen molar-refractivity contribution in [2.24, 2.45) is 0 Å². The van der Waals surface area contributed by atoms with E-state index in [1.807, 2.05) is 12.1 Å². The van der Waals surface area contributed by atoms with Gasteiger partial charge >= 0.3 is 0 Å². The fourth-order valence-electron chi connectivity index (χ4n) is 2.25. The monoisotopic (exact) mass is 188 g/mol. The lowest BCUT2D eigenvalue weighted by atomic mass is 9.84. The minimum absolute atomic E-state index is 0.328. The average molecular weight is 188 g/mol. The number of fused-ring (bicyclic) bond motifs is 1. The topological polar surface area (TPSA) is 17.1 Å². The van der Waals surface area contributed by atoms with Crippen LogP contribution in [0.3, 0.4) is 0 Å². The van der Waals surface area contributed by atoms with E-state index in [1.165, 1.54) is 11.1 Å². The first-order valence-corrected chi connectivity index (χ1v) is 5.35. The molecule has 0 N–H and O–H groups in total. The number of benzene rings is 1. The third-order valence-corrected chi connectivity index (χ3v) is 2.97. The molecule has 0 bridgehead atoms. The summed E-state index contributed by atoms with van der Waals surface area (Å²) in [6.07, 6.45) is 2.83. The van der Waals surface area contributed by atoms with Crippen molar-refractivity contribution in [1.82, 2.24) is 0 Å². The zero-order valence-electron chi connectivity index (χ0n) is 8.84. The van der Waals surface area contributed by atoms with Crippen molar-refractivity contribution >= 4 is 5.78 Å². The Morgan fingerprint density at radius 1 is 1.21 bits per heavy atom. The highest BCUT2D eigenvalue weighted by atomic mass is 16.1. The standard InChI is InChI=1S/C13H16O/c1-9(2)10-5-3-7-12-11(10)6-4-8-13(12)14/h3,5,7,9H,4,6,8H2,1-2H3. The van der Waals surface area contributed by atoms with Crippen LogP contribution in [0.5, 0.6) is 0 Å². The second-order valence-electron chi connectivity index (χ2n) is 4.30. The molecule has 2 rings (SSSR count). The van der Waals surface area contributed by atoms with Crippen LogP contribution in [0.1, 0.15) is 54.1 Å². The highest BCUT2D eigenvalue weighted by molar-refractivity contribution is 5.98. The summed E-state index contributed by atoms with van der Waals surface area (Å²) in [4.78, 5) is 11.7. The fraction of sp³-hybridized carbons (Fsp3) is 0.462. The lowest BCUT2D eigenvalue weighted by Crippen LogP contribution is -2.13. The molecule has 0 spiro atoms. The Hall–Kier alpha value is -1.11. The first-order chi connectivity index (χ1) is 6.70. The SMILES string of the molecule is CC(C)c1cccc2c1CCCC2=O. The van der Waals surface area contributed by atoms with Gasteiger partial charge in [0.05, 0.1) is 0 Å². The van der Waals surface area contributed by atoms with Gasteiger partial charge in [-0.1, -0.05) is 32.0 Å². The van der Waals surface area contributed by atoms with Crippen molar-refractivity contribution < 1.29 is 4.79 Å². The van der Waals surface area contributed by atoms with Crippen molar-refractivity contribution in [2.75, 3.05) is 0 Å². The van der Waals surface area contributed by atoms with Gasteiger partial charge in [-0.2, -0.15) is 0 Å². The molecule has 0 atom stereocenters. The van der Waals surface area contributed by atoms with Crippen LogP contribution in [0, 0.1) is 0 Å². The smallest absolute Gasteiger partial charge is 0.163 e. The van der Waals surface area contributed by atoms with Crippen molar-refractivity contribution in [2.45, 2.75) is 39.0 Å². The molecular weight excluding hydrogens is 172 g/mol. The molecule has 0 saturated heterocycles. The molecule has 1 heteroatoms. The summed E-state index contributed by atoms with van der Waals surface area (Å²) in [5.74, 6) is 0.851. The number of carbonyl (C=O) groups excluding carboxylic acids is 1. The van der Waals surface area contributed by atoms with Gasteiger partial charge in [-0.3, -0.25) is 4.79 Å². The molecule has 1 aliphatic carbocycles. The van der Waals surface area contributed by atoms with E-state index < -0.39 is 0 Å². The van der Waals surface area contributed by atoms with E-state index in [1.54, 1.807) is 0 Å². The van der Waals surface area contributed by atoms with Gasteiger partial charge in [0.2, 0.25) is 0 Å². The summed E-state index contributed by atoms with van der Waals surface area (Å²) < 4.78 is 0. The van der Waals surface area contributed by atoms with Crippen LogP contribution in [0.2, 0.25) is 0 Å². The molecule has 0 aliphatic heterocycles. The van der Waals surface area contributed by atoms with Gasteiger partial charge in [0.25, 0.3) is 0 Å². The van der Waals surface area contributed by atoms with E-state index in [2.05, 4.69) is 19.9 Å². The molecule has 0 radical (unpaired) electrons. The van der Waals surface area contributed by atoms with E-state index in [0.29, 0.717) is 11.7 Å². The number of Topliss-reactive ketones (excluding diaryl/α,β-unsaturated/α-hetero) is 1. The Labute approximate surface area is 85.1 Å². The van der Waals surface area contributed by atoms with Crippen molar-refractivity contribution in [3.8, 4) is 0 Å². The van der Waals surface area contributed by atoms with Crippen molar-refractivity contribution in [3.63, 3.8) is 0 Å². The minimum Gasteiger partial charge on any atom is -0.294 e. The lowest BCUT2D eigenvalue weighted by molar-refractivity contribution is 0.0972. The Morgan fingerprint density at radius 3 is 2.71 bits per heavy atom. The molecule has 0 fully saturated rings. The molecule has 0 aromatic heterocycles. The molecule has 14 heavy (non-hydrogen) atoms. The van der Waals surface area contributed by atoms with E-state index in [4.69, 9.17) is 0 Å². The van der Waals surface area contributed by atoms with Gasteiger partial charge in [0, 0.05) is 12.0 Å². The molecular formula is C13H16O. The van der Waals surface area contributed by atoms with Crippen molar-refractivity contribution in [3.05, 3.63) is 34.9 Å². The maximum atomic E-state index is 11.7.